The number of aliphatic hydroxyl groups excluding tert-OH is 1. The Labute approximate surface area is 146 Å². The third-order valence-electron chi connectivity index (χ3n) is 4.39. The lowest BCUT2D eigenvalue weighted by Gasteiger charge is -2.16. The van der Waals surface area contributed by atoms with Crippen molar-refractivity contribution in [1.29, 1.82) is 0 Å². The number of hydrogen-bond acceptors (Lipinski definition) is 5. The number of nitrogens with zero attached hydrogens (tertiary/aromatic N) is 5. The molecule has 1 saturated heterocycles. The Bertz CT molecular complexity index is 812. The van der Waals surface area contributed by atoms with E-state index in [-0.39, 0.29) is 6.10 Å². The van der Waals surface area contributed by atoms with E-state index >= 15 is 0 Å². The third-order valence-corrected chi connectivity index (χ3v) is 4.39. The molecule has 25 heavy (non-hydrogen) atoms. The monoisotopic (exact) mass is 339 g/mol. The Morgan fingerprint density at radius 1 is 1.20 bits per heavy atom. The van der Waals surface area contributed by atoms with Crippen molar-refractivity contribution in [2.45, 2.75) is 18.8 Å². The molecule has 7 heteroatoms. The Hall–Kier alpha value is -2.64. The first-order chi connectivity index (χ1) is 12.2. The van der Waals surface area contributed by atoms with Crippen LogP contribution < -0.4 is 4.74 Å². The van der Waals surface area contributed by atoms with Gasteiger partial charge in [-0.15, -0.1) is 0 Å². The van der Waals surface area contributed by atoms with Gasteiger partial charge in [-0.1, -0.05) is 12.1 Å². The molecule has 1 N–H and O–H groups in total. The standard InChI is InChI=1S/C18H21N5O2/c1-21-11-16(9-20-21)25-18-13-22(12-17(18)24)10-14-3-5-15(6-4-14)23-8-2-7-19-23/h2-9,11,17-18,24H,10,12-13H2,1H3/t17-,18-/m1/s1. The van der Waals surface area contributed by atoms with Crippen molar-refractivity contribution >= 4 is 0 Å². The number of aliphatic hydroxyl groups is 1. The lowest BCUT2D eigenvalue weighted by Crippen LogP contribution is -2.29. The molecule has 2 aromatic heterocycles. The molecule has 0 saturated carbocycles. The molecule has 0 aliphatic carbocycles. The fourth-order valence-corrected chi connectivity index (χ4v) is 3.15. The summed E-state index contributed by atoms with van der Waals surface area (Å²) in [6.45, 7) is 2.08. The molecule has 3 aromatic rings. The van der Waals surface area contributed by atoms with Crippen molar-refractivity contribution in [3.05, 3.63) is 60.7 Å². The number of benzene rings is 1. The fraction of sp³-hybridized carbons (Fsp3) is 0.333. The highest BCUT2D eigenvalue weighted by atomic mass is 16.5. The number of rotatable bonds is 5. The van der Waals surface area contributed by atoms with E-state index in [4.69, 9.17) is 4.74 Å². The van der Waals surface area contributed by atoms with Gasteiger partial charge in [-0.3, -0.25) is 9.58 Å². The first-order valence-corrected chi connectivity index (χ1v) is 8.32. The lowest BCUT2D eigenvalue weighted by atomic mass is 10.2. The molecular formula is C18H21N5O2. The summed E-state index contributed by atoms with van der Waals surface area (Å²) in [7, 11) is 1.84. The average molecular weight is 339 g/mol. The summed E-state index contributed by atoms with van der Waals surface area (Å²) in [6.07, 6.45) is 6.44. The van der Waals surface area contributed by atoms with Crippen LogP contribution in [-0.2, 0) is 13.6 Å². The molecule has 0 unspecified atom stereocenters. The second-order valence-electron chi connectivity index (χ2n) is 6.38. The summed E-state index contributed by atoms with van der Waals surface area (Å²) in [4.78, 5) is 2.20. The molecule has 130 valence electrons. The number of likely N-dealkylation sites (tertiary alicyclic amines) is 1. The van der Waals surface area contributed by atoms with E-state index in [1.807, 2.05) is 30.2 Å². The van der Waals surface area contributed by atoms with E-state index in [9.17, 15) is 5.11 Å². The number of β-amino-alcohol motifs (C(OH)–C–C–N with tert-alkyl or cyclic N) is 1. The maximum Gasteiger partial charge on any atom is 0.157 e. The second kappa shape index (κ2) is 6.70. The largest absolute Gasteiger partial charge is 0.483 e. The van der Waals surface area contributed by atoms with E-state index in [1.165, 1.54) is 5.56 Å². The summed E-state index contributed by atoms with van der Waals surface area (Å²) in [5, 5.41) is 18.6. The molecule has 1 fully saturated rings. The SMILES string of the molecule is Cn1cc(O[C@@H]2CN(Cc3ccc(-n4cccn4)cc3)C[C@H]2O)cn1. The number of aryl methyl sites for hydroxylation is 1. The highest BCUT2D eigenvalue weighted by molar-refractivity contribution is 5.33. The van der Waals surface area contributed by atoms with Crippen LogP contribution in [0.4, 0.5) is 0 Å². The van der Waals surface area contributed by atoms with E-state index < -0.39 is 6.10 Å². The van der Waals surface area contributed by atoms with Crippen molar-refractivity contribution in [3.63, 3.8) is 0 Å². The zero-order valence-corrected chi connectivity index (χ0v) is 14.1. The van der Waals surface area contributed by atoms with Crippen LogP contribution in [0.1, 0.15) is 5.56 Å². The molecule has 0 radical (unpaired) electrons. The Morgan fingerprint density at radius 3 is 2.72 bits per heavy atom. The molecular weight excluding hydrogens is 318 g/mol. The van der Waals surface area contributed by atoms with Gasteiger partial charge in [-0.05, 0) is 23.8 Å². The molecule has 1 aromatic carbocycles. The highest BCUT2D eigenvalue weighted by Crippen LogP contribution is 2.20. The Balaban J connectivity index is 1.37. The molecule has 1 aliphatic rings. The number of hydrogen-bond donors (Lipinski definition) is 1. The third kappa shape index (κ3) is 3.57. The molecule has 4 rings (SSSR count). The summed E-state index contributed by atoms with van der Waals surface area (Å²) in [6, 6.07) is 10.2. The zero-order chi connectivity index (χ0) is 17.2. The van der Waals surface area contributed by atoms with Crippen molar-refractivity contribution < 1.29 is 9.84 Å². The molecule has 2 atom stereocenters. The van der Waals surface area contributed by atoms with Gasteiger partial charge in [0, 0.05) is 39.1 Å². The maximum atomic E-state index is 10.3. The van der Waals surface area contributed by atoms with Gasteiger partial charge in [0.25, 0.3) is 0 Å². The van der Waals surface area contributed by atoms with Crippen molar-refractivity contribution in [3.8, 4) is 11.4 Å². The van der Waals surface area contributed by atoms with E-state index in [0.717, 1.165) is 12.2 Å². The molecule has 0 spiro atoms. The first kappa shape index (κ1) is 15.9. The van der Waals surface area contributed by atoms with Crippen molar-refractivity contribution in [1.82, 2.24) is 24.5 Å². The van der Waals surface area contributed by atoms with E-state index in [1.54, 1.807) is 17.1 Å². The molecule has 0 amide bonds. The summed E-state index contributed by atoms with van der Waals surface area (Å²) >= 11 is 0. The van der Waals surface area contributed by atoms with Crippen LogP contribution in [-0.4, -0.2) is 54.9 Å². The smallest absolute Gasteiger partial charge is 0.157 e. The number of aromatic nitrogens is 4. The van der Waals surface area contributed by atoms with Gasteiger partial charge in [0.15, 0.2) is 5.75 Å². The zero-order valence-electron chi connectivity index (χ0n) is 14.1. The Morgan fingerprint density at radius 2 is 2.04 bits per heavy atom. The first-order valence-electron chi connectivity index (χ1n) is 8.32. The van der Waals surface area contributed by atoms with Gasteiger partial charge in [0.2, 0.25) is 0 Å². The van der Waals surface area contributed by atoms with Crippen LogP contribution >= 0.6 is 0 Å². The van der Waals surface area contributed by atoms with Gasteiger partial charge in [0.1, 0.15) is 12.2 Å². The van der Waals surface area contributed by atoms with Gasteiger partial charge >= 0.3 is 0 Å². The van der Waals surface area contributed by atoms with Crippen LogP contribution in [0.3, 0.4) is 0 Å². The molecule has 0 bridgehead atoms. The average Bonchev–Trinajstić information content (AvgIpc) is 3.32. The van der Waals surface area contributed by atoms with Crippen molar-refractivity contribution in [2.24, 2.45) is 7.05 Å². The minimum atomic E-state index is -0.497. The van der Waals surface area contributed by atoms with E-state index in [2.05, 4.69) is 39.4 Å². The predicted octanol–water partition coefficient (Wildman–Crippen LogP) is 1.23. The van der Waals surface area contributed by atoms with E-state index in [0.29, 0.717) is 18.8 Å². The summed E-state index contributed by atoms with van der Waals surface area (Å²) < 4.78 is 9.38. The van der Waals surface area contributed by atoms with Gasteiger partial charge in [0.05, 0.1) is 18.1 Å². The highest BCUT2D eigenvalue weighted by Gasteiger charge is 2.33. The van der Waals surface area contributed by atoms with Crippen LogP contribution in [0.25, 0.3) is 5.69 Å². The van der Waals surface area contributed by atoms with Gasteiger partial charge < -0.3 is 9.84 Å². The lowest BCUT2D eigenvalue weighted by molar-refractivity contribution is 0.0736. The van der Waals surface area contributed by atoms with Crippen LogP contribution in [0, 0.1) is 0 Å². The predicted molar refractivity (Wildman–Crippen MR) is 92.5 cm³/mol. The molecule has 3 heterocycles. The van der Waals surface area contributed by atoms with Gasteiger partial charge in [-0.25, -0.2) is 4.68 Å². The number of ether oxygens (including phenoxy) is 1. The second-order valence-corrected chi connectivity index (χ2v) is 6.38. The quantitative estimate of drug-likeness (QED) is 0.757. The van der Waals surface area contributed by atoms with Crippen LogP contribution in [0.2, 0.25) is 0 Å². The fourth-order valence-electron chi connectivity index (χ4n) is 3.15. The van der Waals surface area contributed by atoms with Crippen LogP contribution in [0.15, 0.2) is 55.1 Å². The topological polar surface area (TPSA) is 68.3 Å². The summed E-state index contributed by atoms with van der Waals surface area (Å²) in [5.41, 5.74) is 2.23. The maximum absolute atomic E-state index is 10.3. The normalized spacial score (nSPS) is 20.9. The van der Waals surface area contributed by atoms with Crippen LogP contribution in [0.5, 0.6) is 5.75 Å². The Kier molecular flexibility index (Phi) is 4.25. The molecule has 1 aliphatic heterocycles. The molecule has 7 nitrogen and oxygen atoms in total. The minimum Gasteiger partial charge on any atom is -0.483 e. The summed E-state index contributed by atoms with van der Waals surface area (Å²) in [5.74, 6) is 0.692. The minimum absolute atomic E-state index is 0.229. The van der Waals surface area contributed by atoms with Gasteiger partial charge in [-0.2, -0.15) is 10.2 Å². The van der Waals surface area contributed by atoms with Crippen molar-refractivity contribution in [2.75, 3.05) is 13.1 Å².